The van der Waals surface area contributed by atoms with Gasteiger partial charge in [-0.2, -0.15) is 0 Å². The highest BCUT2D eigenvalue weighted by molar-refractivity contribution is 6.18. The predicted octanol–water partition coefficient (Wildman–Crippen LogP) is 14.0. The lowest BCUT2D eigenvalue weighted by atomic mass is 9.69. The number of oxazole rings is 1. The Balaban J connectivity index is 0.993. The molecule has 1 spiro atoms. The van der Waals surface area contributed by atoms with Gasteiger partial charge >= 0.3 is 0 Å². The van der Waals surface area contributed by atoms with Gasteiger partial charge in [-0.1, -0.05) is 152 Å². The van der Waals surface area contributed by atoms with Gasteiger partial charge in [0.1, 0.15) is 5.52 Å². The van der Waals surface area contributed by atoms with E-state index in [0.29, 0.717) is 5.89 Å². The molecule has 0 saturated heterocycles. The molecule has 11 aromatic rings. The SMILES string of the molecule is c1ccc(-c2nc3ccc4ccc5ccc(-c6cccc(-c7ccc8c(c7)C7(c9ccccc9-c9ccccc97)c7c-8ccc8ccccc78)n6)cc5c4c3o2)cc1. The number of aromatic nitrogens is 2. The van der Waals surface area contributed by atoms with Crippen LogP contribution in [0.3, 0.4) is 0 Å². The van der Waals surface area contributed by atoms with Gasteiger partial charge in [-0.3, -0.25) is 0 Å². The molecule has 0 bridgehead atoms. The molecule has 268 valence electrons. The Morgan fingerprint density at radius 3 is 1.81 bits per heavy atom. The molecular formula is C55H32N2O. The van der Waals surface area contributed by atoms with Crippen molar-refractivity contribution >= 4 is 43.4 Å². The fourth-order valence-corrected chi connectivity index (χ4v) is 10.2. The average Bonchev–Trinajstić information content (AvgIpc) is 3.96. The van der Waals surface area contributed by atoms with E-state index in [-0.39, 0.29) is 0 Å². The van der Waals surface area contributed by atoms with Crippen molar-refractivity contribution in [1.82, 2.24) is 9.97 Å². The van der Waals surface area contributed by atoms with Gasteiger partial charge in [0.2, 0.25) is 5.89 Å². The van der Waals surface area contributed by atoms with Crippen LogP contribution in [0, 0.1) is 0 Å². The maximum absolute atomic E-state index is 6.54. The molecule has 0 N–H and O–H groups in total. The average molecular weight is 737 g/mol. The predicted molar refractivity (Wildman–Crippen MR) is 237 cm³/mol. The van der Waals surface area contributed by atoms with Crippen molar-refractivity contribution in [2.75, 3.05) is 0 Å². The summed E-state index contributed by atoms with van der Waals surface area (Å²) in [5.74, 6) is 0.627. The Kier molecular flexibility index (Phi) is 6.37. The van der Waals surface area contributed by atoms with Gasteiger partial charge in [0.05, 0.1) is 16.8 Å². The summed E-state index contributed by atoms with van der Waals surface area (Å²) in [4.78, 5) is 10.3. The highest BCUT2D eigenvalue weighted by atomic mass is 16.3. The third-order valence-corrected chi connectivity index (χ3v) is 12.7. The van der Waals surface area contributed by atoms with Crippen LogP contribution >= 0.6 is 0 Å². The number of pyridine rings is 1. The Labute approximate surface area is 334 Å². The van der Waals surface area contributed by atoms with Crippen molar-refractivity contribution in [2.45, 2.75) is 5.41 Å². The number of hydrogen-bond acceptors (Lipinski definition) is 3. The third kappa shape index (κ3) is 4.22. The largest absolute Gasteiger partial charge is 0.435 e. The molecule has 2 heterocycles. The lowest BCUT2D eigenvalue weighted by Gasteiger charge is -2.31. The zero-order valence-electron chi connectivity index (χ0n) is 31.3. The van der Waals surface area contributed by atoms with E-state index in [0.717, 1.165) is 60.7 Å². The monoisotopic (exact) mass is 736 g/mol. The Morgan fingerprint density at radius 1 is 0.379 bits per heavy atom. The van der Waals surface area contributed by atoms with E-state index in [9.17, 15) is 0 Å². The van der Waals surface area contributed by atoms with Crippen molar-refractivity contribution in [3.8, 4) is 56.2 Å². The van der Waals surface area contributed by atoms with Crippen molar-refractivity contribution in [2.24, 2.45) is 0 Å². The molecule has 0 radical (unpaired) electrons. The standard InChI is InChI=1S/C55H32N2O/c1-2-12-36(13-3-1)54-57-50-30-27-35-23-21-34-22-24-37(31-44(34)51(35)53(50)58-54)48-19-10-20-49(56-48)38-26-28-42-43-29-25-33-11-4-5-14-39(33)52(43)55(47(42)32-38)45-17-8-6-15-40(45)41-16-7-9-18-46(41)55/h1-32H. The molecule has 3 nitrogen and oxygen atoms in total. The van der Waals surface area contributed by atoms with Crippen LogP contribution in [0.25, 0.3) is 99.6 Å². The molecule has 13 rings (SSSR count). The molecule has 0 saturated carbocycles. The van der Waals surface area contributed by atoms with Crippen LogP contribution < -0.4 is 0 Å². The molecule has 0 atom stereocenters. The minimum absolute atomic E-state index is 0.460. The summed E-state index contributed by atoms with van der Waals surface area (Å²) >= 11 is 0. The summed E-state index contributed by atoms with van der Waals surface area (Å²) in [5, 5.41) is 7.00. The minimum atomic E-state index is -0.460. The van der Waals surface area contributed by atoms with Gasteiger partial charge in [-0.05, 0) is 114 Å². The fourth-order valence-electron chi connectivity index (χ4n) is 10.2. The first-order valence-electron chi connectivity index (χ1n) is 19.9. The minimum Gasteiger partial charge on any atom is -0.435 e. The van der Waals surface area contributed by atoms with Gasteiger partial charge in [-0.15, -0.1) is 0 Å². The zero-order chi connectivity index (χ0) is 38.0. The second-order valence-electron chi connectivity index (χ2n) is 15.6. The first kappa shape index (κ1) is 31.6. The first-order valence-corrected chi connectivity index (χ1v) is 19.9. The van der Waals surface area contributed by atoms with Crippen molar-refractivity contribution in [1.29, 1.82) is 0 Å². The van der Waals surface area contributed by atoms with E-state index in [2.05, 4.69) is 164 Å². The highest BCUT2D eigenvalue weighted by Crippen LogP contribution is 2.64. The third-order valence-electron chi connectivity index (χ3n) is 12.7. The van der Waals surface area contributed by atoms with Gasteiger partial charge in [0.15, 0.2) is 5.58 Å². The molecule has 2 aliphatic carbocycles. The lowest BCUT2D eigenvalue weighted by molar-refractivity contribution is 0.623. The van der Waals surface area contributed by atoms with Gasteiger partial charge in [0, 0.05) is 22.1 Å². The summed E-state index contributed by atoms with van der Waals surface area (Å²) < 4.78 is 6.54. The van der Waals surface area contributed by atoms with E-state index in [1.807, 2.05) is 30.3 Å². The van der Waals surface area contributed by atoms with E-state index in [4.69, 9.17) is 14.4 Å². The molecule has 0 unspecified atom stereocenters. The van der Waals surface area contributed by atoms with Crippen LogP contribution in [0.5, 0.6) is 0 Å². The maximum atomic E-state index is 6.54. The molecule has 2 aliphatic rings. The zero-order valence-corrected chi connectivity index (χ0v) is 31.3. The van der Waals surface area contributed by atoms with Gasteiger partial charge in [-0.25, -0.2) is 9.97 Å². The fraction of sp³-hybridized carbons (Fsp3) is 0.0182. The van der Waals surface area contributed by atoms with Crippen LogP contribution in [0.1, 0.15) is 22.3 Å². The molecule has 0 amide bonds. The second-order valence-corrected chi connectivity index (χ2v) is 15.6. The smallest absolute Gasteiger partial charge is 0.227 e. The summed E-state index contributed by atoms with van der Waals surface area (Å²) in [6.07, 6.45) is 0. The number of nitrogens with zero attached hydrogens (tertiary/aromatic N) is 2. The molecule has 3 heteroatoms. The maximum Gasteiger partial charge on any atom is 0.227 e. The molecule has 58 heavy (non-hydrogen) atoms. The van der Waals surface area contributed by atoms with E-state index in [1.54, 1.807) is 0 Å². The molecule has 0 fully saturated rings. The van der Waals surface area contributed by atoms with Crippen LogP contribution in [0.4, 0.5) is 0 Å². The second kappa shape index (κ2) is 11.7. The highest BCUT2D eigenvalue weighted by Gasteiger charge is 2.52. The molecule has 2 aromatic heterocycles. The normalized spacial score (nSPS) is 13.3. The lowest BCUT2D eigenvalue weighted by Crippen LogP contribution is -2.26. The van der Waals surface area contributed by atoms with Crippen LogP contribution in [0.15, 0.2) is 199 Å². The quantitative estimate of drug-likeness (QED) is 0.170. The van der Waals surface area contributed by atoms with Gasteiger partial charge in [0.25, 0.3) is 0 Å². The summed E-state index contributed by atoms with van der Waals surface area (Å²) in [6, 6.07) is 70.2. The topological polar surface area (TPSA) is 38.9 Å². The Hall–Kier alpha value is -7.62. The first-order chi connectivity index (χ1) is 28.7. The number of hydrogen-bond donors (Lipinski definition) is 0. The van der Waals surface area contributed by atoms with E-state index in [1.165, 1.54) is 55.3 Å². The van der Waals surface area contributed by atoms with Crippen LogP contribution in [0.2, 0.25) is 0 Å². The van der Waals surface area contributed by atoms with Crippen molar-refractivity contribution in [3.05, 3.63) is 216 Å². The summed E-state index contributed by atoms with van der Waals surface area (Å²) in [6.45, 7) is 0. The van der Waals surface area contributed by atoms with Crippen molar-refractivity contribution < 1.29 is 4.42 Å². The molecular weight excluding hydrogens is 705 g/mol. The van der Waals surface area contributed by atoms with Gasteiger partial charge < -0.3 is 4.42 Å². The molecule has 0 aliphatic heterocycles. The number of fused-ring (bicyclic) bond motifs is 17. The van der Waals surface area contributed by atoms with Crippen LogP contribution in [-0.2, 0) is 5.41 Å². The van der Waals surface area contributed by atoms with E-state index < -0.39 is 5.41 Å². The molecule has 9 aromatic carbocycles. The summed E-state index contributed by atoms with van der Waals surface area (Å²) in [5.41, 5.74) is 16.7. The van der Waals surface area contributed by atoms with Crippen molar-refractivity contribution in [3.63, 3.8) is 0 Å². The number of benzene rings is 9. The summed E-state index contributed by atoms with van der Waals surface area (Å²) in [7, 11) is 0. The Morgan fingerprint density at radius 2 is 0.983 bits per heavy atom. The van der Waals surface area contributed by atoms with Crippen LogP contribution in [-0.4, -0.2) is 9.97 Å². The number of rotatable bonds is 3. The Bertz CT molecular complexity index is 3480. The van der Waals surface area contributed by atoms with E-state index >= 15 is 0 Å².